The first-order chi connectivity index (χ1) is 12.5. The van der Waals surface area contributed by atoms with Crippen LogP contribution in [-0.4, -0.2) is 36.6 Å². The number of amides is 1. The van der Waals surface area contributed by atoms with Gasteiger partial charge in [-0.3, -0.25) is 14.9 Å². The third kappa shape index (κ3) is 5.59. The number of nitro benzene ring substituents is 1. The first kappa shape index (κ1) is 18.9. The number of carbonyl (C=O) groups excluding carboxylic acids is 2. The maximum absolute atomic E-state index is 11.9. The Bertz CT molecular complexity index is 792. The van der Waals surface area contributed by atoms with Crippen molar-refractivity contribution >= 4 is 17.6 Å². The quantitative estimate of drug-likeness (QED) is 0.336. The van der Waals surface area contributed by atoms with Gasteiger partial charge in [0.25, 0.3) is 11.6 Å². The van der Waals surface area contributed by atoms with Gasteiger partial charge in [-0.2, -0.15) is 0 Å². The van der Waals surface area contributed by atoms with Gasteiger partial charge in [-0.05, 0) is 31.2 Å². The molecule has 0 aliphatic heterocycles. The summed E-state index contributed by atoms with van der Waals surface area (Å²) in [6.07, 6.45) is 0. The summed E-state index contributed by atoms with van der Waals surface area (Å²) in [6.45, 7) is 1.63. The lowest BCUT2D eigenvalue weighted by molar-refractivity contribution is -0.385. The van der Waals surface area contributed by atoms with Crippen molar-refractivity contribution in [2.24, 2.45) is 0 Å². The summed E-state index contributed by atoms with van der Waals surface area (Å²) < 4.78 is 10.3. The number of nitro groups is 1. The summed E-state index contributed by atoms with van der Waals surface area (Å²) >= 11 is 0. The second kappa shape index (κ2) is 9.16. The summed E-state index contributed by atoms with van der Waals surface area (Å²) in [6, 6.07) is 13.0. The van der Waals surface area contributed by atoms with E-state index < -0.39 is 23.4 Å². The zero-order chi connectivity index (χ0) is 18.9. The molecule has 8 heteroatoms. The summed E-state index contributed by atoms with van der Waals surface area (Å²) in [7, 11) is 0. The normalized spacial score (nSPS) is 10.0. The molecule has 136 valence electrons. The number of para-hydroxylation sites is 1. The molecule has 0 unspecified atom stereocenters. The number of ether oxygens (including phenoxy) is 2. The molecule has 0 saturated heterocycles. The van der Waals surface area contributed by atoms with Crippen LogP contribution in [0.2, 0.25) is 0 Å². The zero-order valence-electron chi connectivity index (χ0n) is 14.1. The van der Waals surface area contributed by atoms with Crippen LogP contribution in [-0.2, 0) is 9.53 Å². The predicted octanol–water partition coefficient (Wildman–Crippen LogP) is 2.26. The molecule has 2 rings (SSSR count). The van der Waals surface area contributed by atoms with Gasteiger partial charge in [0.05, 0.1) is 17.0 Å². The van der Waals surface area contributed by atoms with Gasteiger partial charge in [-0.15, -0.1) is 0 Å². The van der Waals surface area contributed by atoms with E-state index in [4.69, 9.17) is 9.47 Å². The number of benzene rings is 2. The van der Waals surface area contributed by atoms with Gasteiger partial charge in [-0.1, -0.05) is 18.2 Å². The fraction of sp³-hybridized carbons (Fsp3) is 0.222. The average molecular weight is 358 g/mol. The van der Waals surface area contributed by atoms with Crippen LogP contribution < -0.4 is 10.1 Å². The molecular weight excluding hydrogens is 340 g/mol. The second-order valence-electron chi connectivity index (χ2n) is 5.35. The topological polar surface area (TPSA) is 108 Å². The third-order valence-electron chi connectivity index (χ3n) is 3.40. The highest BCUT2D eigenvalue weighted by atomic mass is 16.6. The Morgan fingerprint density at radius 2 is 1.88 bits per heavy atom. The van der Waals surface area contributed by atoms with Crippen LogP contribution in [0, 0.1) is 17.0 Å². The molecule has 0 spiro atoms. The number of hydrogen-bond donors (Lipinski definition) is 1. The van der Waals surface area contributed by atoms with Gasteiger partial charge in [0.2, 0.25) is 0 Å². The Balaban J connectivity index is 1.72. The molecule has 26 heavy (non-hydrogen) atoms. The van der Waals surface area contributed by atoms with E-state index in [1.165, 1.54) is 25.1 Å². The molecule has 0 aliphatic rings. The van der Waals surface area contributed by atoms with Crippen LogP contribution in [0.5, 0.6) is 5.75 Å². The maximum atomic E-state index is 11.9. The Labute approximate surface area is 149 Å². The van der Waals surface area contributed by atoms with Gasteiger partial charge < -0.3 is 14.8 Å². The van der Waals surface area contributed by atoms with Crippen LogP contribution >= 0.6 is 0 Å². The minimum Gasteiger partial charge on any atom is -0.492 e. The van der Waals surface area contributed by atoms with Crippen molar-refractivity contribution < 1.29 is 24.0 Å². The van der Waals surface area contributed by atoms with E-state index >= 15 is 0 Å². The van der Waals surface area contributed by atoms with Crippen LogP contribution in [0.1, 0.15) is 15.9 Å². The van der Waals surface area contributed by atoms with Crippen molar-refractivity contribution in [3.8, 4) is 5.75 Å². The molecule has 0 atom stereocenters. The number of aryl methyl sites for hydroxylation is 1. The van der Waals surface area contributed by atoms with Crippen LogP contribution in [0.3, 0.4) is 0 Å². The fourth-order valence-corrected chi connectivity index (χ4v) is 2.13. The Kier molecular flexibility index (Phi) is 6.67. The molecule has 1 amide bonds. The van der Waals surface area contributed by atoms with Gasteiger partial charge in [0.15, 0.2) is 6.61 Å². The molecule has 0 bridgehead atoms. The molecule has 0 aliphatic carbocycles. The van der Waals surface area contributed by atoms with Gasteiger partial charge in [0.1, 0.15) is 12.4 Å². The smallest absolute Gasteiger partial charge is 0.338 e. The minimum atomic E-state index is -0.723. The maximum Gasteiger partial charge on any atom is 0.338 e. The molecule has 0 fully saturated rings. The Morgan fingerprint density at radius 1 is 1.15 bits per heavy atom. The number of rotatable bonds is 8. The molecule has 0 aromatic heterocycles. The first-order valence-corrected chi connectivity index (χ1v) is 7.84. The average Bonchev–Trinajstić information content (AvgIpc) is 2.63. The second-order valence-corrected chi connectivity index (χ2v) is 5.35. The largest absolute Gasteiger partial charge is 0.492 e. The fourth-order valence-electron chi connectivity index (χ4n) is 2.13. The van der Waals surface area contributed by atoms with Crippen molar-refractivity contribution in [1.82, 2.24) is 5.32 Å². The number of nitrogens with zero attached hydrogens (tertiary/aromatic N) is 1. The SMILES string of the molecule is Cc1cc(C(=O)OCC(=O)NCCOc2ccccc2)ccc1[N+](=O)[O-]. The number of hydrogen-bond acceptors (Lipinski definition) is 6. The van der Waals surface area contributed by atoms with Crippen molar-refractivity contribution in [3.05, 3.63) is 69.8 Å². The van der Waals surface area contributed by atoms with Crippen molar-refractivity contribution in [1.29, 1.82) is 0 Å². The van der Waals surface area contributed by atoms with Gasteiger partial charge in [0, 0.05) is 11.6 Å². The molecule has 2 aromatic rings. The highest BCUT2D eigenvalue weighted by molar-refractivity contribution is 5.91. The molecule has 2 aromatic carbocycles. The summed E-state index contributed by atoms with van der Waals surface area (Å²) in [5.74, 6) is -0.492. The van der Waals surface area contributed by atoms with E-state index in [-0.39, 0.29) is 24.4 Å². The molecule has 0 saturated carbocycles. The Morgan fingerprint density at radius 3 is 2.54 bits per heavy atom. The molecule has 8 nitrogen and oxygen atoms in total. The molecular formula is C18H18N2O6. The van der Waals surface area contributed by atoms with E-state index in [1.54, 1.807) is 12.1 Å². The summed E-state index contributed by atoms with van der Waals surface area (Å²) in [5.41, 5.74) is 0.401. The molecule has 0 heterocycles. The van der Waals surface area contributed by atoms with Crippen molar-refractivity contribution in [2.75, 3.05) is 19.8 Å². The Hall–Kier alpha value is -3.42. The van der Waals surface area contributed by atoms with E-state index in [0.29, 0.717) is 11.3 Å². The lowest BCUT2D eigenvalue weighted by Gasteiger charge is -2.08. The number of carbonyl (C=O) groups is 2. The lowest BCUT2D eigenvalue weighted by atomic mass is 10.1. The van der Waals surface area contributed by atoms with Crippen LogP contribution in [0.15, 0.2) is 48.5 Å². The molecule has 0 radical (unpaired) electrons. The number of nitrogens with one attached hydrogen (secondary N) is 1. The standard InChI is InChI=1S/C18H18N2O6/c1-13-11-14(7-8-16(13)20(23)24)18(22)26-12-17(21)19-9-10-25-15-5-3-2-4-6-15/h2-8,11H,9-10,12H2,1H3,(H,19,21). The summed E-state index contributed by atoms with van der Waals surface area (Å²) in [4.78, 5) is 33.8. The monoisotopic (exact) mass is 358 g/mol. The highest BCUT2D eigenvalue weighted by Crippen LogP contribution is 2.19. The van der Waals surface area contributed by atoms with E-state index in [2.05, 4.69) is 5.32 Å². The van der Waals surface area contributed by atoms with Crippen LogP contribution in [0.4, 0.5) is 5.69 Å². The van der Waals surface area contributed by atoms with E-state index in [1.807, 2.05) is 18.2 Å². The number of esters is 1. The molecule has 1 N–H and O–H groups in total. The lowest BCUT2D eigenvalue weighted by Crippen LogP contribution is -2.32. The van der Waals surface area contributed by atoms with Gasteiger partial charge in [-0.25, -0.2) is 4.79 Å². The van der Waals surface area contributed by atoms with E-state index in [0.717, 1.165) is 0 Å². The van der Waals surface area contributed by atoms with Gasteiger partial charge >= 0.3 is 5.97 Å². The summed E-state index contributed by atoms with van der Waals surface area (Å²) in [5, 5.41) is 13.3. The van der Waals surface area contributed by atoms with Crippen LogP contribution in [0.25, 0.3) is 0 Å². The van der Waals surface area contributed by atoms with Crippen molar-refractivity contribution in [2.45, 2.75) is 6.92 Å². The van der Waals surface area contributed by atoms with Crippen molar-refractivity contribution in [3.63, 3.8) is 0 Å². The zero-order valence-corrected chi connectivity index (χ0v) is 14.1. The predicted molar refractivity (Wildman–Crippen MR) is 93.1 cm³/mol. The first-order valence-electron chi connectivity index (χ1n) is 7.84. The highest BCUT2D eigenvalue weighted by Gasteiger charge is 2.15. The minimum absolute atomic E-state index is 0.0855. The van der Waals surface area contributed by atoms with E-state index in [9.17, 15) is 19.7 Å². The third-order valence-corrected chi connectivity index (χ3v) is 3.40.